The van der Waals surface area contributed by atoms with Gasteiger partial charge in [-0.15, -0.1) is 0 Å². The highest BCUT2D eigenvalue weighted by atomic mass is 32.2. The molecule has 1 fully saturated rings. The summed E-state index contributed by atoms with van der Waals surface area (Å²) in [5.74, 6) is 3.21. The van der Waals surface area contributed by atoms with Gasteiger partial charge in [-0.25, -0.2) is 4.79 Å². The third-order valence-electron chi connectivity index (χ3n) is 1.39. The van der Waals surface area contributed by atoms with Crippen LogP contribution in [0, 0.1) is 0 Å². The first-order chi connectivity index (χ1) is 3.84. The minimum Gasteiger partial charge on any atom is -0.228 e. The zero-order valence-corrected chi connectivity index (χ0v) is 5.75. The van der Waals surface area contributed by atoms with Crippen molar-refractivity contribution in [3.05, 3.63) is 4.91 Å². The third kappa shape index (κ3) is 0.960. The predicted octanol–water partition coefficient (Wildman–Crippen LogP) is 0.744. The van der Waals surface area contributed by atoms with Crippen LogP contribution < -0.4 is 0 Å². The van der Waals surface area contributed by atoms with Crippen LogP contribution in [0.25, 0.3) is 0 Å². The van der Waals surface area contributed by atoms with Crippen LogP contribution in [0.4, 0.5) is 0 Å². The van der Waals surface area contributed by atoms with Crippen LogP contribution in [0.2, 0.25) is 0 Å². The Morgan fingerprint density at radius 2 is 2.50 bits per heavy atom. The highest BCUT2D eigenvalue weighted by Crippen LogP contribution is 2.20. The molecule has 0 aliphatic carbocycles. The van der Waals surface area contributed by atoms with Crippen molar-refractivity contribution in [1.82, 2.24) is 0 Å². The van der Waals surface area contributed by atoms with Gasteiger partial charge in [0.1, 0.15) is 12.0 Å². The molecular weight excluding hydrogens is 120 g/mol. The van der Waals surface area contributed by atoms with Crippen LogP contribution in [0.5, 0.6) is 0 Å². The van der Waals surface area contributed by atoms with Crippen LogP contribution in [0.1, 0.15) is 12.8 Å². The average molecular weight is 129 g/mol. The Morgan fingerprint density at radius 3 is 2.75 bits per heavy atom. The Kier molecular flexibility index (Phi) is 1.77. The fourth-order valence-electron chi connectivity index (χ4n) is 0.869. The Hall–Kier alpha value is -0.200. The Morgan fingerprint density at radius 1 is 1.75 bits per heavy atom. The molecule has 0 N–H and O–H groups in total. The zero-order valence-electron chi connectivity index (χ0n) is 4.94. The van der Waals surface area contributed by atoms with E-state index < -0.39 is 0 Å². The molecule has 0 aromatic heterocycles. The monoisotopic (exact) mass is 129 g/mol. The van der Waals surface area contributed by atoms with E-state index in [0.717, 1.165) is 11.3 Å². The van der Waals surface area contributed by atoms with Crippen LogP contribution in [0.3, 0.4) is 0 Å². The van der Waals surface area contributed by atoms with Gasteiger partial charge >= 0.3 is 0 Å². The molecule has 0 spiro atoms. The van der Waals surface area contributed by atoms with E-state index in [1.165, 1.54) is 12.2 Å². The van der Waals surface area contributed by atoms with Gasteiger partial charge in [0.25, 0.3) is 0 Å². The molecule has 1 heterocycles. The molecule has 0 aromatic rings. The van der Waals surface area contributed by atoms with Crippen molar-refractivity contribution in [2.75, 3.05) is 12.0 Å². The van der Waals surface area contributed by atoms with Crippen LogP contribution in [-0.4, -0.2) is 17.9 Å². The van der Waals surface area contributed by atoms with Crippen molar-refractivity contribution >= 4 is 16.8 Å². The van der Waals surface area contributed by atoms with Gasteiger partial charge in [0.05, 0.1) is 0 Å². The molecule has 8 heavy (non-hydrogen) atoms. The van der Waals surface area contributed by atoms with Gasteiger partial charge in [0, 0.05) is 23.7 Å². The summed E-state index contributed by atoms with van der Waals surface area (Å²) in [6, 6.07) is 0. The van der Waals surface area contributed by atoms with Crippen molar-refractivity contribution in [3.63, 3.8) is 0 Å². The fraction of sp³-hybridized carbons (Fsp3) is 0.667. The molecule has 1 atom stereocenters. The Bertz CT molecular complexity index is 135. The molecule has 0 amide bonds. The van der Waals surface area contributed by atoms with Gasteiger partial charge in [-0.1, -0.05) is 0 Å². The van der Waals surface area contributed by atoms with E-state index in [1.54, 1.807) is 0 Å². The molecule has 1 nitrogen and oxygen atoms in total. The summed E-state index contributed by atoms with van der Waals surface area (Å²) in [6.07, 6.45) is 4.32. The van der Waals surface area contributed by atoms with Gasteiger partial charge in [0.15, 0.2) is 5.94 Å². The second kappa shape index (κ2) is 2.38. The molecule has 1 saturated heterocycles. The first kappa shape index (κ1) is 5.93. The van der Waals surface area contributed by atoms with Gasteiger partial charge in [-0.3, -0.25) is 0 Å². The molecule has 1 unspecified atom stereocenters. The maximum absolute atomic E-state index is 10.1. The molecular formula is C6H9OS+. The minimum absolute atomic E-state index is 0.282. The number of hydrogen-bond donors (Lipinski definition) is 0. The highest BCUT2D eigenvalue weighted by molar-refractivity contribution is 8.00. The Balaban J connectivity index is 2.68. The summed E-state index contributed by atoms with van der Waals surface area (Å²) in [6.45, 7) is 0. The second-order valence-corrected chi connectivity index (χ2v) is 4.15. The van der Waals surface area contributed by atoms with Crippen LogP contribution in [-0.2, 0) is 15.7 Å². The molecule has 1 aliphatic heterocycles. The lowest BCUT2D eigenvalue weighted by Gasteiger charge is -1.83. The lowest BCUT2D eigenvalue weighted by molar-refractivity contribution is 0.567. The molecule has 44 valence electrons. The lowest BCUT2D eigenvalue weighted by Crippen LogP contribution is -1.96. The predicted molar refractivity (Wildman–Crippen MR) is 36.6 cm³/mol. The highest BCUT2D eigenvalue weighted by Gasteiger charge is 2.26. The van der Waals surface area contributed by atoms with Gasteiger partial charge in [-0.2, -0.15) is 0 Å². The van der Waals surface area contributed by atoms with E-state index >= 15 is 0 Å². The topological polar surface area (TPSA) is 17.1 Å². The summed E-state index contributed by atoms with van der Waals surface area (Å²) >= 11 is 0. The number of rotatable bonds is 0. The largest absolute Gasteiger partial charge is 0.228 e. The standard InChI is InChI=1S/C6H9OS/c1-8-4-2-3-6(8)5-7/h2-4H2,1H3/q+1. The molecule has 0 saturated carbocycles. The van der Waals surface area contributed by atoms with Crippen LogP contribution >= 0.6 is 0 Å². The van der Waals surface area contributed by atoms with Crippen molar-refractivity contribution in [2.24, 2.45) is 0 Å². The molecule has 0 bridgehead atoms. The van der Waals surface area contributed by atoms with E-state index in [2.05, 4.69) is 6.26 Å². The normalized spacial score (nSPS) is 28.1. The van der Waals surface area contributed by atoms with Gasteiger partial charge in [-0.05, 0) is 0 Å². The average Bonchev–Trinajstić information content (AvgIpc) is 2.14. The lowest BCUT2D eigenvalue weighted by atomic mass is 10.3. The Labute approximate surface area is 52.1 Å². The van der Waals surface area contributed by atoms with Crippen molar-refractivity contribution in [1.29, 1.82) is 0 Å². The molecule has 1 rings (SSSR count). The van der Waals surface area contributed by atoms with Crippen molar-refractivity contribution < 1.29 is 4.79 Å². The summed E-state index contributed by atoms with van der Waals surface area (Å²) < 4.78 is 0. The maximum Gasteiger partial charge on any atom is 0.214 e. The zero-order chi connectivity index (χ0) is 5.98. The minimum atomic E-state index is 0.282. The van der Waals surface area contributed by atoms with Crippen molar-refractivity contribution in [2.45, 2.75) is 12.8 Å². The second-order valence-electron chi connectivity index (χ2n) is 1.97. The first-order valence-corrected chi connectivity index (χ1v) is 4.51. The number of allylic oxidation sites excluding steroid dienone is 1. The van der Waals surface area contributed by atoms with Gasteiger partial charge < -0.3 is 0 Å². The molecule has 1 aliphatic rings. The van der Waals surface area contributed by atoms with E-state index in [4.69, 9.17) is 0 Å². The van der Waals surface area contributed by atoms with E-state index in [0.29, 0.717) is 0 Å². The van der Waals surface area contributed by atoms with E-state index in [-0.39, 0.29) is 10.9 Å². The molecule has 0 aromatic carbocycles. The number of hydrogen-bond acceptors (Lipinski definition) is 1. The summed E-state index contributed by atoms with van der Waals surface area (Å²) in [4.78, 5) is 11.1. The van der Waals surface area contributed by atoms with E-state index in [1.807, 2.05) is 5.94 Å². The SMILES string of the molecule is C[S+]1CCCC1=C=O. The third-order valence-corrected chi connectivity index (χ3v) is 3.42. The van der Waals surface area contributed by atoms with E-state index in [9.17, 15) is 4.79 Å². The number of carbonyl (C=O) groups excluding carboxylic acids is 1. The first-order valence-electron chi connectivity index (χ1n) is 2.71. The fourth-order valence-corrected chi connectivity index (χ4v) is 2.33. The summed E-state index contributed by atoms with van der Waals surface area (Å²) in [5.41, 5.74) is 0. The quantitative estimate of drug-likeness (QED) is 0.348. The summed E-state index contributed by atoms with van der Waals surface area (Å²) in [5, 5.41) is 0. The maximum atomic E-state index is 10.1. The smallest absolute Gasteiger partial charge is 0.214 e. The van der Waals surface area contributed by atoms with Crippen molar-refractivity contribution in [3.8, 4) is 0 Å². The van der Waals surface area contributed by atoms with Gasteiger partial charge in [0.2, 0.25) is 4.91 Å². The molecule has 0 radical (unpaired) electrons. The molecule has 2 heteroatoms. The summed E-state index contributed by atoms with van der Waals surface area (Å²) in [7, 11) is 0.282. The van der Waals surface area contributed by atoms with Crippen LogP contribution in [0.15, 0.2) is 4.91 Å².